The van der Waals surface area contributed by atoms with Crippen molar-refractivity contribution in [2.75, 3.05) is 40.4 Å². The highest BCUT2D eigenvalue weighted by molar-refractivity contribution is 5.97. The molecule has 0 unspecified atom stereocenters. The number of hydrogen-bond donors (Lipinski definition) is 0. The molecule has 1 aliphatic rings. The Morgan fingerprint density at radius 1 is 1.00 bits per heavy atom. The number of esters is 1. The Bertz CT molecular complexity index is 666. The molecule has 0 aliphatic carbocycles. The minimum absolute atomic E-state index is 0.0789. The first-order chi connectivity index (χ1) is 12.5. The first-order valence-electron chi connectivity index (χ1n) is 8.81. The van der Waals surface area contributed by atoms with Gasteiger partial charge >= 0.3 is 5.97 Å². The summed E-state index contributed by atoms with van der Waals surface area (Å²) in [5.41, 5.74) is 1.63. The van der Waals surface area contributed by atoms with Gasteiger partial charge in [-0.25, -0.2) is 0 Å². The number of nitrogens with zero attached hydrogens (tertiary/aromatic N) is 2. The maximum Gasteiger partial charge on any atom is 0.306 e. The van der Waals surface area contributed by atoms with E-state index < -0.39 is 5.97 Å². The van der Waals surface area contributed by atoms with Gasteiger partial charge in [0.1, 0.15) is 5.75 Å². The van der Waals surface area contributed by atoms with Crippen molar-refractivity contribution in [2.24, 2.45) is 0 Å². The first kappa shape index (κ1) is 19.8. The van der Waals surface area contributed by atoms with Gasteiger partial charge in [-0.1, -0.05) is 13.0 Å². The Balaban J connectivity index is 1.96. The Hall–Kier alpha value is -2.57. The van der Waals surface area contributed by atoms with Gasteiger partial charge in [0.15, 0.2) is 0 Å². The Kier molecular flexibility index (Phi) is 7.00. The number of carbonyl (C=O) groups excluding carboxylic acids is 3. The molecule has 2 amide bonds. The van der Waals surface area contributed by atoms with Crippen molar-refractivity contribution in [1.29, 1.82) is 0 Å². The number of methoxy groups -OCH3 is 2. The van der Waals surface area contributed by atoms with Gasteiger partial charge in [-0.05, 0) is 24.1 Å². The largest absolute Gasteiger partial charge is 0.496 e. The lowest BCUT2D eigenvalue weighted by Gasteiger charge is -2.35. The second-order valence-electron chi connectivity index (χ2n) is 6.14. The Morgan fingerprint density at radius 2 is 1.65 bits per heavy atom. The average molecular weight is 362 g/mol. The molecule has 1 saturated heterocycles. The zero-order chi connectivity index (χ0) is 19.1. The van der Waals surface area contributed by atoms with E-state index in [0.29, 0.717) is 37.5 Å². The predicted octanol–water partition coefficient (Wildman–Crippen LogP) is 1.50. The van der Waals surface area contributed by atoms with Gasteiger partial charge in [0.2, 0.25) is 5.91 Å². The Morgan fingerprint density at radius 3 is 2.23 bits per heavy atom. The molecule has 7 heteroatoms. The SMILES string of the molecule is CCc1ccc(OC)c(C(=O)N2CCN(C(=O)CCC(=O)OC)CC2)c1. The van der Waals surface area contributed by atoms with Crippen molar-refractivity contribution < 1.29 is 23.9 Å². The number of ether oxygens (including phenoxy) is 2. The molecule has 1 heterocycles. The van der Waals surface area contributed by atoms with Gasteiger partial charge in [-0.15, -0.1) is 0 Å². The number of benzene rings is 1. The second-order valence-corrected chi connectivity index (χ2v) is 6.14. The molecule has 1 aromatic rings. The summed E-state index contributed by atoms with van der Waals surface area (Å²) in [4.78, 5) is 39.6. The minimum Gasteiger partial charge on any atom is -0.496 e. The van der Waals surface area contributed by atoms with Crippen LogP contribution < -0.4 is 4.74 Å². The standard InChI is InChI=1S/C19H26N2O5/c1-4-14-5-6-16(25-2)15(13-14)19(24)21-11-9-20(10-12-21)17(22)7-8-18(23)26-3/h5-6,13H,4,7-12H2,1-3H3. The monoisotopic (exact) mass is 362 g/mol. The van der Waals surface area contributed by atoms with Gasteiger partial charge in [-0.2, -0.15) is 0 Å². The summed E-state index contributed by atoms with van der Waals surface area (Å²) in [6.45, 7) is 3.88. The molecule has 0 aromatic heterocycles. The van der Waals surface area contributed by atoms with Crippen LogP contribution >= 0.6 is 0 Å². The van der Waals surface area contributed by atoms with Gasteiger partial charge in [-0.3, -0.25) is 14.4 Å². The van der Waals surface area contributed by atoms with Crippen LogP contribution in [0.1, 0.15) is 35.7 Å². The van der Waals surface area contributed by atoms with E-state index in [1.54, 1.807) is 16.9 Å². The fraction of sp³-hybridized carbons (Fsp3) is 0.526. The lowest BCUT2D eigenvalue weighted by Crippen LogP contribution is -2.50. The molecular formula is C19H26N2O5. The summed E-state index contributed by atoms with van der Waals surface area (Å²) in [6, 6.07) is 5.64. The number of amides is 2. The lowest BCUT2D eigenvalue weighted by atomic mass is 10.1. The molecule has 7 nitrogen and oxygen atoms in total. The summed E-state index contributed by atoms with van der Waals surface area (Å²) in [6.07, 6.45) is 1.05. The lowest BCUT2D eigenvalue weighted by molar-refractivity contribution is -0.143. The third kappa shape index (κ3) is 4.74. The van der Waals surface area contributed by atoms with Gasteiger partial charge in [0.05, 0.1) is 26.2 Å². The Labute approximate surface area is 153 Å². The molecule has 1 aliphatic heterocycles. The highest BCUT2D eigenvalue weighted by Gasteiger charge is 2.26. The fourth-order valence-corrected chi connectivity index (χ4v) is 2.94. The molecule has 142 valence electrons. The molecular weight excluding hydrogens is 336 g/mol. The van der Waals surface area contributed by atoms with E-state index in [1.807, 2.05) is 25.1 Å². The van der Waals surface area contributed by atoms with Crippen LogP contribution in [-0.4, -0.2) is 68.0 Å². The van der Waals surface area contributed by atoms with Gasteiger partial charge in [0.25, 0.3) is 5.91 Å². The summed E-state index contributed by atoms with van der Waals surface area (Å²) in [7, 11) is 2.86. The van der Waals surface area contributed by atoms with Gasteiger partial charge < -0.3 is 19.3 Å². The van der Waals surface area contributed by atoms with Crippen LogP contribution in [0.3, 0.4) is 0 Å². The van der Waals surface area contributed by atoms with Gasteiger partial charge in [0, 0.05) is 32.6 Å². The number of rotatable bonds is 6. The third-order valence-electron chi connectivity index (χ3n) is 4.59. The summed E-state index contributed by atoms with van der Waals surface area (Å²) in [5.74, 6) is -0.00859. The van der Waals surface area contributed by atoms with E-state index in [-0.39, 0.29) is 24.7 Å². The second kappa shape index (κ2) is 9.22. The van der Waals surface area contributed by atoms with Crippen molar-refractivity contribution in [3.05, 3.63) is 29.3 Å². The van der Waals surface area contributed by atoms with E-state index in [1.165, 1.54) is 7.11 Å². The van der Waals surface area contributed by atoms with E-state index >= 15 is 0 Å². The summed E-state index contributed by atoms with van der Waals surface area (Å²) < 4.78 is 9.88. The minimum atomic E-state index is -0.393. The van der Waals surface area contributed by atoms with Crippen molar-refractivity contribution in [1.82, 2.24) is 9.80 Å². The van der Waals surface area contributed by atoms with E-state index in [0.717, 1.165) is 12.0 Å². The molecule has 2 rings (SSSR count). The zero-order valence-corrected chi connectivity index (χ0v) is 15.6. The van der Waals surface area contributed by atoms with Crippen LogP contribution in [-0.2, 0) is 20.7 Å². The topological polar surface area (TPSA) is 76.2 Å². The van der Waals surface area contributed by atoms with Crippen LogP contribution in [0.4, 0.5) is 0 Å². The molecule has 1 aromatic carbocycles. The van der Waals surface area contributed by atoms with Crippen LogP contribution in [0, 0.1) is 0 Å². The maximum absolute atomic E-state index is 12.9. The van der Waals surface area contributed by atoms with E-state index in [2.05, 4.69) is 4.74 Å². The van der Waals surface area contributed by atoms with Crippen molar-refractivity contribution in [3.63, 3.8) is 0 Å². The molecule has 0 spiro atoms. The number of piperazine rings is 1. The summed E-state index contributed by atoms with van der Waals surface area (Å²) >= 11 is 0. The number of carbonyl (C=O) groups is 3. The average Bonchev–Trinajstić information content (AvgIpc) is 2.70. The van der Waals surface area contributed by atoms with Crippen molar-refractivity contribution in [2.45, 2.75) is 26.2 Å². The molecule has 0 bridgehead atoms. The third-order valence-corrected chi connectivity index (χ3v) is 4.59. The molecule has 0 saturated carbocycles. The van der Waals surface area contributed by atoms with Crippen LogP contribution in [0.5, 0.6) is 5.75 Å². The first-order valence-corrected chi connectivity index (χ1v) is 8.81. The maximum atomic E-state index is 12.9. The predicted molar refractivity (Wildman–Crippen MR) is 96.1 cm³/mol. The molecule has 0 radical (unpaired) electrons. The number of aryl methyl sites for hydroxylation is 1. The highest BCUT2D eigenvalue weighted by atomic mass is 16.5. The molecule has 0 atom stereocenters. The van der Waals surface area contributed by atoms with E-state index in [9.17, 15) is 14.4 Å². The highest BCUT2D eigenvalue weighted by Crippen LogP contribution is 2.22. The normalized spacial score (nSPS) is 14.1. The molecule has 26 heavy (non-hydrogen) atoms. The smallest absolute Gasteiger partial charge is 0.306 e. The fourth-order valence-electron chi connectivity index (χ4n) is 2.94. The van der Waals surface area contributed by atoms with Crippen LogP contribution in [0.25, 0.3) is 0 Å². The molecule has 0 N–H and O–H groups in total. The van der Waals surface area contributed by atoms with Crippen LogP contribution in [0.15, 0.2) is 18.2 Å². The van der Waals surface area contributed by atoms with Crippen molar-refractivity contribution in [3.8, 4) is 5.75 Å². The summed E-state index contributed by atoms with van der Waals surface area (Å²) in [5, 5.41) is 0. The molecule has 1 fully saturated rings. The van der Waals surface area contributed by atoms with E-state index in [4.69, 9.17) is 4.74 Å². The number of hydrogen-bond acceptors (Lipinski definition) is 5. The quantitative estimate of drug-likeness (QED) is 0.717. The van der Waals surface area contributed by atoms with Crippen molar-refractivity contribution >= 4 is 17.8 Å². The van der Waals surface area contributed by atoms with Crippen LogP contribution in [0.2, 0.25) is 0 Å². The zero-order valence-electron chi connectivity index (χ0n) is 15.6.